The Hall–Kier alpha value is -3.51. The average molecular weight is 402 g/mol. The summed E-state index contributed by atoms with van der Waals surface area (Å²) in [5.41, 5.74) is 2.72. The second-order valence-electron chi connectivity index (χ2n) is 6.65. The molecule has 2 aromatic heterocycles. The zero-order chi connectivity index (χ0) is 20.4. The molecule has 0 saturated carbocycles. The minimum absolute atomic E-state index is 0.175. The van der Waals surface area contributed by atoms with E-state index in [4.69, 9.17) is 0 Å². The average Bonchev–Trinajstić information content (AvgIpc) is 3.12. The Morgan fingerprint density at radius 3 is 2.38 bits per heavy atom. The van der Waals surface area contributed by atoms with E-state index in [0.717, 1.165) is 10.9 Å². The predicted molar refractivity (Wildman–Crippen MR) is 113 cm³/mol. The van der Waals surface area contributed by atoms with Crippen LogP contribution in [0.15, 0.2) is 90.2 Å². The van der Waals surface area contributed by atoms with Gasteiger partial charge in [0.25, 0.3) is 10.0 Å². The maximum atomic E-state index is 13.2. The third kappa shape index (κ3) is 3.62. The van der Waals surface area contributed by atoms with Gasteiger partial charge in [-0.3, -0.25) is 9.78 Å². The number of hydrogen-bond donors (Lipinski definition) is 0. The first-order valence-electron chi connectivity index (χ1n) is 9.01. The van der Waals surface area contributed by atoms with Gasteiger partial charge in [0.2, 0.25) is 0 Å². The lowest BCUT2D eigenvalue weighted by molar-refractivity contribution is 0.104. The van der Waals surface area contributed by atoms with Gasteiger partial charge in [-0.2, -0.15) is 0 Å². The molecule has 0 radical (unpaired) electrons. The number of carbonyl (C=O) groups excluding carboxylic acids is 1. The summed E-state index contributed by atoms with van der Waals surface area (Å²) < 4.78 is 27.7. The lowest BCUT2D eigenvalue weighted by Crippen LogP contribution is -2.11. The molecular formula is C23H18N2O3S. The Morgan fingerprint density at radius 1 is 0.966 bits per heavy atom. The molecular weight excluding hydrogens is 384 g/mol. The van der Waals surface area contributed by atoms with Crippen molar-refractivity contribution >= 4 is 32.8 Å². The van der Waals surface area contributed by atoms with E-state index in [1.807, 2.05) is 19.1 Å². The molecule has 0 aliphatic rings. The molecule has 0 saturated heterocycles. The van der Waals surface area contributed by atoms with Crippen LogP contribution in [-0.4, -0.2) is 23.2 Å². The van der Waals surface area contributed by atoms with Crippen molar-refractivity contribution in [2.24, 2.45) is 0 Å². The van der Waals surface area contributed by atoms with Gasteiger partial charge in [-0.1, -0.05) is 35.9 Å². The standard InChI is InChI=1S/C23H18N2O3S/c1-17-6-9-20(10-7-17)29(27,28)25-16-19(21-4-2-3-5-22(21)25)8-11-23(26)18-12-14-24-15-13-18/h2-16H,1H3/b11-8+. The van der Waals surface area contributed by atoms with Crippen LogP contribution in [0.4, 0.5) is 0 Å². The highest BCUT2D eigenvalue weighted by Gasteiger charge is 2.20. The number of benzene rings is 2. The smallest absolute Gasteiger partial charge is 0.268 e. The van der Waals surface area contributed by atoms with Crippen molar-refractivity contribution < 1.29 is 13.2 Å². The van der Waals surface area contributed by atoms with Crippen molar-refractivity contribution in [3.05, 3.63) is 102 Å². The van der Waals surface area contributed by atoms with Crippen LogP contribution in [0.1, 0.15) is 21.5 Å². The van der Waals surface area contributed by atoms with Crippen molar-refractivity contribution in [3.8, 4) is 0 Å². The molecule has 0 unspecified atom stereocenters. The molecule has 5 nitrogen and oxygen atoms in total. The van der Waals surface area contributed by atoms with Crippen LogP contribution in [-0.2, 0) is 10.0 Å². The largest absolute Gasteiger partial charge is 0.289 e. The SMILES string of the molecule is Cc1ccc(S(=O)(=O)n2cc(/C=C/C(=O)c3ccncc3)c3ccccc32)cc1. The highest BCUT2D eigenvalue weighted by molar-refractivity contribution is 7.90. The second-order valence-corrected chi connectivity index (χ2v) is 8.46. The first-order chi connectivity index (χ1) is 14.0. The molecule has 0 amide bonds. The molecule has 29 heavy (non-hydrogen) atoms. The van der Waals surface area contributed by atoms with Crippen LogP contribution < -0.4 is 0 Å². The number of ketones is 1. The number of hydrogen-bond acceptors (Lipinski definition) is 4. The molecule has 2 heterocycles. The van der Waals surface area contributed by atoms with Gasteiger partial charge < -0.3 is 0 Å². The fourth-order valence-electron chi connectivity index (χ4n) is 3.11. The first-order valence-corrected chi connectivity index (χ1v) is 10.5. The summed E-state index contributed by atoms with van der Waals surface area (Å²) in [6.45, 7) is 1.91. The number of pyridine rings is 1. The maximum Gasteiger partial charge on any atom is 0.268 e. The number of carbonyl (C=O) groups is 1. The molecule has 0 bridgehead atoms. The van der Waals surface area contributed by atoms with Gasteiger partial charge in [0, 0.05) is 35.1 Å². The summed E-state index contributed by atoms with van der Waals surface area (Å²) in [5.74, 6) is -0.175. The summed E-state index contributed by atoms with van der Waals surface area (Å²) in [7, 11) is -3.76. The fourth-order valence-corrected chi connectivity index (χ4v) is 4.49. The number of para-hydroxylation sites is 1. The summed E-state index contributed by atoms with van der Waals surface area (Å²) in [6, 6.07) is 17.2. The van der Waals surface area contributed by atoms with E-state index in [1.54, 1.807) is 73.2 Å². The second kappa shape index (κ2) is 7.48. The normalized spacial score (nSPS) is 11.9. The van der Waals surface area contributed by atoms with Gasteiger partial charge in [-0.15, -0.1) is 0 Å². The van der Waals surface area contributed by atoms with E-state index in [1.165, 1.54) is 10.0 Å². The van der Waals surface area contributed by atoms with Crippen LogP contribution in [0.2, 0.25) is 0 Å². The zero-order valence-corrected chi connectivity index (χ0v) is 16.5. The Kier molecular flexibility index (Phi) is 4.86. The molecule has 0 atom stereocenters. The maximum absolute atomic E-state index is 13.2. The van der Waals surface area contributed by atoms with Crippen molar-refractivity contribution in [2.75, 3.05) is 0 Å². The van der Waals surface area contributed by atoms with Gasteiger partial charge in [0.15, 0.2) is 5.78 Å². The van der Waals surface area contributed by atoms with Gasteiger partial charge in [0.1, 0.15) is 0 Å². The zero-order valence-electron chi connectivity index (χ0n) is 15.7. The molecule has 0 aliphatic carbocycles. The third-order valence-corrected chi connectivity index (χ3v) is 6.35. The van der Waals surface area contributed by atoms with Crippen LogP contribution in [0.5, 0.6) is 0 Å². The van der Waals surface area contributed by atoms with Crippen molar-refractivity contribution in [2.45, 2.75) is 11.8 Å². The topological polar surface area (TPSA) is 69.0 Å². The molecule has 2 aromatic carbocycles. The van der Waals surface area contributed by atoms with Gasteiger partial charge >= 0.3 is 0 Å². The van der Waals surface area contributed by atoms with Crippen molar-refractivity contribution in [1.29, 1.82) is 0 Å². The third-order valence-electron chi connectivity index (χ3n) is 4.67. The quantitative estimate of drug-likeness (QED) is 0.365. The first kappa shape index (κ1) is 18.8. The predicted octanol–water partition coefficient (Wildman–Crippen LogP) is 4.48. The Bertz CT molecular complexity index is 1320. The summed E-state index contributed by atoms with van der Waals surface area (Å²) in [4.78, 5) is 16.5. The Balaban J connectivity index is 1.79. The van der Waals surface area contributed by atoms with E-state index in [-0.39, 0.29) is 10.7 Å². The summed E-state index contributed by atoms with van der Waals surface area (Å²) in [6.07, 6.45) is 7.75. The van der Waals surface area contributed by atoms with Crippen LogP contribution in [0.3, 0.4) is 0 Å². The van der Waals surface area contributed by atoms with Crippen molar-refractivity contribution in [1.82, 2.24) is 8.96 Å². The summed E-state index contributed by atoms with van der Waals surface area (Å²) >= 11 is 0. The van der Waals surface area contributed by atoms with E-state index in [0.29, 0.717) is 16.6 Å². The summed E-state index contributed by atoms with van der Waals surface area (Å²) in [5, 5.41) is 0.752. The van der Waals surface area contributed by atoms with E-state index in [9.17, 15) is 13.2 Å². The lowest BCUT2D eigenvalue weighted by atomic mass is 10.1. The minimum Gasteiger partial charge on any atom is -0.289 e. The number of nitrogens with zero attached hydrogens (tertiary/aromatic N) is 2. The molecule has 0 N–H and O–H groups in total. The highest BCUT2D eigenvalue weighted by Crippen LogP contribution is 2.27. The number of aromatic nitrogens is 2. The molecule has 0 aliphatic heterocycles. The highest BCUT2D eigenvalue weighted by atomic mass is 32.2. The number of rotatable bonds is 5. The number of aryl methyl sites for hydroxylation is 1. The molecule has 0 fully saturated rings. The Labute approximate surface area is 169 Å². The van der Waals surface area contributed by atoms with Crippen LogP contribution in [0, 0.1) is 6.92 Å². The van der Waals surface area contributed by atoms with Crippen LogP contribution >= 0.6 is 0 Å². The van der Waals surface area contributed by atoms with E-state index < -0.39 is 10.0 Å². The minimum atomic E-state index is -3.76. The molecule has 0 spiro atoms. The number of fused-ring (bicyclic) bond motifs is 1. The van der Waals surface area contributed by atoms with Gasteiger partial charge in [-0.05, 0) is 49.4 Å². The van der Waals surface area contributed by atoms with Crippen molar-refractivity contribution in [3.63, 3.8) is 0 Å². The molecule has 4 rings (SSSR count). The van der Waals surface area contributed by atoms with Gasteiger partial charge in [0.05, 0.1) is 10.4 Å². The molecule has 6 heteroatoms. The van der Waals surface area contributed by atoms with E-state index in [2.05, 4.69) is 4.98 Å². The molecule has 144 valence electrons. The fraction of sp³-hybridized carbons (Fsp3) is 0.0435. The lowest BCUT2D eigenvalue weighted by Gasteiger charge is -2.07. The molecule has 4 aromatic rings. The van der Waals surface area contributed by atoms with Gasteiger partial charge in [-0.25, -0.2) is 12.4 Å². The van der Waals surface area contributed by atoms with E-state index >= 15 is 0 Å². The Morgan fingerprint density at radius 2 is 1.66 bits per heavy atom. The van der Waals surface area contributed by atoms with Crippen LogP contribution in [0.25, 0.3) is 17.0 Å². The number of allylic oxidation sites excluding steroid dienone is 1. The monoisotopic (exact) mass is 402 g/mol.